The van der Waals surface area contributed by atoms with Gasteiger partial charge in [-0.15, -0.1) is 0 Å². The number of anilines is 1. The molecule has 0 aliphatic rings. The first kappa shape index (κ1) is 15.2. The van der Waals surface area contributed by atoms with Crippen molar-refractivity contribution in [2.45, 2.75) is 11.8 Å². The van der Waals surface area contributed by atoms with E-state index in [2.05, 4.69) is 0 Å². The molecular weight excluding hydrogens is 300 g/mol. The summed E-state index contributed by atoms with van der Waals surface area (Å²) in [6, 6.07) is 7.28. The van der Waals surface area contributed by atoms with Crippen molar-refractivity contribution in [1.29, 1.82) is 0 Å². The van der Waals surface area contributed by atoms with Crippen LogP contribution in [0.5, 0.6) is 5.75 Å². The van der Waals surface area contributed by atoms with Gasteiger partial charge >= 0.3 is 0 Å². The smallest absolute Gasteiger partial charge is 0.264 e. The highest BCUT2D eigenvalue weighted by Gasteiger charge is 2.21. The molecule has 2 aromatic rings. The van der Waals surface area contributed by atoms with Crippen molar-refractivity contribution >= 4 is 15.7 Å². The van der Waals surface area contributed by atoms with Gasteiger partial charge in [0.1, 0.15) is 22.3 Å². The van der Waals surface area contributed by atoms with Crippen LogP contribution in [0.1, 0.15) is 5.56 Å². The summed E-state index contributed by atoms with van der Waals surface area (Å²) in [5.74, 6) is -1.53. The minimum Gasteiger partial charge on any atom is -0.497 e. The molecule has 0 saturated heterocycles. The molecule has 2 aromatic carbocycles. The van der Waals surface area contributed by atoms with Crippen molar-refractivity contribution in [2.75, 3.05) is 11.8 Å². The summed E-state index contributed by atoms with van der Waals surface area (Å²) in [5.41, 5.74) is 0.439. The standard InChI is InChI=1S/C14H13F2NO3S/c1-9-3-5-11(15)13(7-9)17-21(18,19)14-6-4-10(20-2)8-12(14)16/h3-8,17H,1-2H3. The van der Waals surface area contributed by atoms with Crippen LogP contribution in [-0.4, -0.2) is 15.5 Å². The van der Waals surface area contributed by atoms with Crippen LogP contribution in [0.4, 0.5) is 14.5 Å². The van der Waals surface area contributed by atoms with E-state index in [9.17, 15) is 17.2 Å². The first-order valence-electron chi connectivity index (χ1n) is 5.96. The van der Waals surface area contributed by atoms with E-state index in [0.717, 1.165) is 18.2 Å². The van der Waals surface area contributed by atoms with Crippen LogP contribution in [0.2, 0.25) is 0 Å². The van der Waals surface area contributed by atoms with Crippen LogP contribution in [0, 0.1) is 18.6 Å². The molecule has 2 rings (SSSR count). The first-order chi connectivity index (χ1) is 9.83. The molecule has 0 spiro atoms. The Labute approximate surface area is 121 Å². The largest absolute Gasteiger partial charge is 0.497 e. The zero-order chi connectivity index (χ0) is 15.6. The number of methoxy groups -OCH3 is 1. The average Bonchev–Trinajstić information content (AvgIpc) is 2.42. The van der Waals surface area contributed by atoms with E-state index >= 15 is 0 Å². The van der Waals surface area contributed by atoms with Gasteiger partial charge in [-0.05, 0) is 36.8 Å². The predicted octanol–water partition coefficient (Wildman–Crippen LogP) is 3.08. The molecule has 7 heteroatoms. The number of ether oxygens (including phenoxy) is 1. The Morgan fingerprint density at radius 1 is 1.05 bits per heavy atom. The predicted molar refractivity (Wildman–Crippen MR) is 74.9 cm³/mol. The van der Waals surface area contributed by atoms with Gasteiger partial charge < -0.3 is 4.74 Å². The van der Waals surface area contributed by atoms with E-state index in [-0.39, 0.29) is 11.4 Å². The van der Waals surface area contributed by atoms with Crippen LogP contribution in [-0.2, 0) is 10.0 Å². The monoisotopic (exact) mass is 313 g/mol. The lowest BCUT2D eigenvalue weighted by Crippen LogP contribution is -2.15. The van der Waals surface area contributed by atoms with Gasteiger partial charge in [0, 0.05) is 6.07 Å². The lowest BCUT2D eigenvalue weighted by atomic mass is 10.2. The maximum atomic E-state index is 13.8. The zero-order valence-electron chi connectivity index (χ0n) is 11.4. The van der Waals surface area contributed by atoms with Crippen LogP contribution in [0.15, 0.2) is 41.3 Å². The zero-order valence-corrected chi connectivity index (χ0v) is 12.2. The molecule has 0 bridgehead atoms. The summed E-state index contributed by atoms with van der Waals surface area (Å²) in [7, 11) is -2.89. The van der Waals surface area contributed by atoms with Gasteiger partial charge in [0.15, 0.2) is 0 Å². The topological polar surface area (TPSA) is 55.4 Å². The van der Waals surface area contributed by atoms with Gasteiger partial charge in [-0.1, -0.05) is 6.07 Å². The molecule has 0 atom stereocenters. The van der Waals surface area contributed by atoms with Crippen molar-refractivity contribution in [3.8, 4) is 5.75 Å². The minimum absolute atomic E-state index is 0.188. The van der Waals surface area contributed by atoms with Gasteiger partial charge in [-0.25, -0.2) is 17.2 Å². The molecule has 0 aromatic heterocycles. The maximum Gasteiger partial charge on any atom is 0.264 e. The van der Waals surface area contributed by atoms with Crippen LogP contribution < -0.4 is 9.46 Å². The third kappa shape index (κ3) is 3.30. The van der Waals surface area contributed by atoms with E-state index < -0.39 is 26.6 Å². The normalized spacial score (nSPS) is 11.2. The van der Waals surface area contributed by atoms with Crippen LogP contribution in [0.3, 0.4) is 0 Å². The highest BCUT2D eigenvalue weighted by atomic mass is 32.2. The van der Waals surface area contributed by atoms with Crippen LogP contribution >= 0.6 is 0 Å². The molecule has 0 unspecified atom stereocenters. The second kappa shape index (κ2) is 5.69. The number of halogens is 2. The maximum absolute atomic E-state index is 13.8. The van der Waals surface area contributed by atoms with Gasteiger partial charge in [-0.3, -0.25) is 4.72 Å². The molecule has 0 fully saturated rings. The molecule has 0 aliphatic heterocycles. The summed E-state index contributed by atoms with van der Waals surface area (Å²) in [6.45, 7) is 1.69. The van der Waals surface area contributed by atoms with E-state index in [4.69, 9.17) is 4.74 Å². The minimum atomic E-state index is -4.23. The fourth-order valence-corrected chi connectivity index (χ4v) is 2.86. The number of aryl methyl sites for hydroxylation is 1. The number of nitrogens with one attached hydrogen (secondary N) is 1. The molecule has 0 radical (unpaired) electrons. The Morgan fingerprint density at radius 3 is 2.38 bits per heavy atom. The van der Waals surface area contributed by atoms with Crippen molar-refractivity contribution in [3.05, 3.63) is 53.6 Å². The fourth-order valence-electron chi connectivity index (χ4n) is 1.74. The Kier molecular flexibility index (Phi) is 4.13. The Morgan fingerprint density at radius 2 is 1.76 bits per heavy atom. The molecule has 21 heavy (non-hydrogen) atoms. The molecule has 0 heterocycles. The van der Waals surface area contributed by atoms with Gasteiger partial charge in [0.2, 0.25) is 0 Å². The van der Waals surface area contributed by atoms with E-state index in [1.165, 1.54) is 25.3 Å². The first-order valence-corrected chi connectivity index (χ1v) is 7.44. The van der Waals surface area contributed by atoms with Crippen LogP contribution in [0.25, 0.3) is 0 Å². The van der Waals surface area contributed by atoms with E-state index in [1.54, 1.807) is 6.92 Å². The highest BCUT2D eigenvalue weighted by Crippen LogP contribution is 2.24. The third-order valence-corrected chi connectivity index (χ3v) is 4.19. The van der Waals surface area contributed by atoms with Gasteiger partial charge in [0.05, 0.1) is 12.8 Å². The number of sulfonamides is 1. The van der Waals surface area contributed by atoms with E-state index in [0.29, 0.717) is 5.56 Å². The molecule has 0 saturated carbocycles. The molecule has 4 nitrogen and oxygen atoms in total. The lowest BCUT2D eigenvalue weighted by molar-refractivity contribution is 0.410. The quantitative estimate of drug-likeness (QED) is 0.944. The van der Waals surface area contributed by atoms with E-state index in [1.807, 2.05) is 4.72 Å². The SMILES string of the molecule is COc1ccc(S(=O)(=O)Nc2cc(C)ccc2F)c(F)c1. The van der Waals surface area contributed by atoms with Gasteiger partial charge in [0.25, 0.3) is 10.0 Å². The second-order valence-electron chi connectivity index (χ2n) is 4.39. The van der Waals surface area contributed by atoms with Crippen molar-refractivity contribution in [2.24, 2.45) is 0 Å². The summed E-state index contributed by atoms with van der Waals surface area (Å²) in [6.07, 6.45) is 0. The number of rotatable bonds is 4. The Hall–Kier alpha value is -2.15. The third-order valence-electron chi connectivity index (χ3n) is 2.79. The summed E-state index contributed by atoms with van der Waals surface area (Å²) < 4.78 is 58.5. The number of hydrogen-bond donors (Lipinski definition) is 1. The summed E-state index contributed by atoms with van der Waals surface area (Å²) >= 11 is 0. The molecule has 0 amide bonds. The summed E-state index contributed by atoms with van der Waals surface area (Å²) in [4.78, 5) is -0.579. The number of benzene rings is 2. The van der Waals surface area contributed by atoms with Crippen molar-refractivity contribution in [1.82, 2.24) is 0 Å². The Bertz CT molecular complexity index is 776. The molecule has 1 N–H and O–H groups in total. The Balaban J connectivity index is 2.41. The lowest BCUT2D eigenvalue weighted by Gasteiger charge is -2.11. The van der Waals surface area contributed by atoms with Gasteiger partial charge in [-0.2, -0.15) is 0 Å². The highest BCUT2D eigenvalue weighted by molar-refractivity contribution is 7.92. The number of hydrogen-bond acceptors (Lipinski definition) is 3. The second-order valence-corrected chi connectivity index (χ2v) is 6.04. The molecule has 0 aliphatic carbocycles. The fraction of sp³-hybridized carbons (Fsp3) is 0.143. The average molecular weight is 313 g/mol. The molecule has 112 valence electrons. The van der Waals surface area contributed by atoms with Crippen molar-refractivity contribution < 1.29 is 21.9 Å². The molecular formula is C14H13F2NO3S. The summed E-state index contributed by atoms with van der Waals surface area (Å²) in [5, 5.41) is 0. The van der Waals surface area contributed by atoms with Crippen molar-refractivity contribution in [3.63, 3.8) is 0 Å².